The third-order valence-corrected chi connectivity index (χ3v) is 5.90. The lowest BCUT2D eigenvalue weighted by Gasteiger charge is -2.38. The van der Waals surface area contributed by atoms with Crippen LogP contribution >= 0.6 is 0 Å². The highest BCUT2D eigenvalue weighted by Crippen LogP contribution is 2.41. The highest BCUT2D eigenvalue weighted by Gasteiger charge is 2.43. The van der Waals surface area contributed by atoms with Crippen molar-refractivity contribution < 1.29 is 13.9 Å². The van der Waals surface area contributed by atoms with Crippen molar-refractivity contribution in [3.63, 3.8) is 0 Å². The van der Waals surface area contributed by atoms with Crippen LogP contribution in [0.1, 0.15) is 41.6 Å². The molecule has 0 aromatic heterocycles. The van der Waals surface area contributed by atoms with Crippen molar-refractivity contribution in [1.29, 1.82) is 0 Å². The van der Waals surface area contributed by atoms with E-state index >= 15 is 0 Å². The molecule has 2 fully saturated rings. The van der Waals surface area contributed by atoms with Crippen molar-refractivity contribution in [3.05, 3.63) is 65.5 Å². The van der Waals surface area contributed by atoms with E-state index in [0.717, 1.165) is 32.2 Å². The molecule has 2 aliphatic rings. The van der Waals surface area contributed by atoms with Crippen molar-refractivity contribution in [3.8, 4) is 5.75 Å². The number of ketones is 1. The monoisotopic (exact) mass is 353 g/mol. The zero-order valence-electron chi connectivity index (χ0n) is 15.0. The molecule has 0 amide bonds. The largest absolute Gasteiger partial charge is 0.497 e. The van der Waals surface area contributed by atoms with Gasteiger partial charge in [-0.3, -0.25) is 9.69 Å². The molecule has 0 N–H and O–H groups in total. The van der Waals surface area contributed by atoms with Crippen molar-refractivity contribution in [1.82, 2.24) is 4.90 Å². The number of methoxy groups -OCH3 is 1. The minimum absolute atomic E-state index is 0.0716. The summed E-state index contributed by atoms with van der Waals surface area (Å²) in [6.45, 7) is 0.935. The third-order valence-electron chi connectivity index (χ3n) is 5.90. The van der Waals surface area contributed by atoms with Crippen LogP contribution in [-0.4, -0.2) is 29.9 Å². The predicted octanol–water partition coefficient (Wildman–Crippen LogP) is 4.46. The van der Waals surface area contributed by atoms with Gasteiger partial charge in [-0.2, -0.15) is 0 Å². The Bertz CT molecular complexity index is 778. The number of Topliss-reactive ketones (excluding diaryl/α,β-unsaturated/α-hetero) is 1. The summed E-state index contributed by atoms with van der Waals surface area (Å²) in [4.78, 5) is 15.5. The van der Waals surface area contributed by atoms with E-state index in [-0.39, 0.29) is 17.3 Å². The van der Waals surface area contributed by atoms with E-state index in [1.54, 1.807) is 6.07 Å². The molecule has 2 atom stereocenters. The fourth-order valence-corrected chi connectivity index (χ4v) is 4.58. The van der Waals surface area contributed by atoms with Crippen molar-refractivity contribution in [2.24, 2.45) is 5.92 Å². The van der Waals surface area contributed by atoms with Crippen LogP contribution < -0.4 is 4.74 Å². The molecule has 2 unspecified atom stereocenters. The Morgan fingerprint density at radius 3 is 2.46 bits per heavy atom. The summed E-state index contributed by atoms with van der Waals surface area (Å²) < 4.78 is 19.4. The van der Waals surface area contributed by atoms with Gasteiger partial charge in [0.15, 0.2) is 5.78 Å². The molecule has 2 aromatic rings. The number of ether oxygens (including phenoxy) is 1. The maximum Gasteiger partial charge on any atom is 0.169 e. The van der Waals surface area contributed by atoms with Crippen LogP contribution in [0.15, 0.2) is 48.5 Å². The van der Waals surface area contributed by atoms with Crippen LogP contribution in [0.25, 0.3) is 0 Å². The number of carbonyl (C=O) groups excluding carboxylic acids is 1. The first-order valence-corrected chi connectivity index (χ1v) is 9.33. The van der Waals surface area contributed by atoms with Crippen LogP contribution in [0.3, 0.4) is 0 Å². The molecule has 136 valence electrons. The van der Waals surface area contributed by atoms with Gasteiger partial charge in [-0.05, 0) is 49.4 Å². The zero-order valence-corrected chi connectivity index (χ0v) is 15.0. The molecular weight excluding hydrogens is 329 g/mol. The van der Waals surface area contributed by atoms with Crippen LogP contribution in [0.5, 0.6) is 5.75 Å². The number of fused-ring (bicyclic) bond motifs is 2. The molecule has 0 saturated carbocycles. The summed E-state index contributed by atoms with van der Waals surface area (Å²) in [6, 6.07) is 15.7. The lowest BCUT2D eigenvalue weighted by Crippen LogP contribution is -2.44. The topological polar surface area (TPSA) is 29.5 Å². The Morgan fingerprint density at radius 2 is 1.81 bits per heavy atom. The van der Waals surface area contributed by atoms with Crippen LogP contribution in [-0.2, 0) is 6.54 Å². The van der Waals surface area contributed by atoms with Gasteiger partial charge in [0.05, 0.1) is 12.7 Å². The smallest absolute Gasteiger partial charge is 0.169 e. The molecule has 4 rings (SSSR count). The summed E-state index contributed by atoms with van der Waals surface area (Å²) in [5, 5.41) is 0. The molecular formula is C22H24FNO2. The molecule has 4 heteroatoms. The van der Waals surface area contributed by atoms with Crippen LogP contribution in [0.2, 0.25) is 0 Å². The standard InChI is InChI=1S/C22H24FNO2/c1-26-19-9-10-21(23)20(13-19)22(25)16-11-17-7-8-18(12-16)24(17)14-15-5-3-2-4-6-15/h2-6,9-10,13,16-18H,7-8,11-12,14H2,1H3. The first-order chi connectivity index (χ1) is 12.7. The second-order valence-corrected chi connectivity index (χ2v) is 7.42. The summed E-state index contributed by atoms with van der Waals surface area (Å²) in [5.41, 5.74) is 1.48. The van der Waals surface area contributed by atoms with E-state index in [1.165, 1.54) is 24.8 Å². The van der Waals surface area contributed by atoms with Gasteiger partial charge < -0.3 is 4.74 Å². The quantitative estimate of drug-likeness (QED) is 0.743. The van der Waals surface area contributed by atoms with E-state index in [1.807, 2.05) is 6.07 Å². The Balaban J connectivity index is 1.49. The van der Waals surface area contributed by atoms with Gasteiger partial charge in [0.25, 0.3) is 0 Å². The summed E-state index contributed by atoms with van der Waals surface area (Å²) in [6.07, 6.45) is 3.89. The summed E-state index contributed by atoms with van der Waals surface area (Å²) in [7, 11) is 1.53. The molecule has 2 bridgehead atoms. The molecule has 26 heavy (non-hydrogen) atoms. The molecule has 0 aliphatic carbocycles. The van der Waals surface area contributed by atoms with E-state index in [9.17, 15) is 9.18 Å². The van der Waals surface area contributed by atoms with Gasteiger partial charge in [-0.25, -0.2) is 4.39 Å². The maximum atomic E-state index is 14.2. The minimum atomic E-state index is -0.449. The SMILES string of the molecule is COc1ccc(F)c(C(=O)C2CC3CCC(C2)N3Cc2ccccc2)c1. The van der Waals surface area contributed by atoms with E-state index in [2.05, 4.69) is 29.2 Å². The van der Waals surface area contributed by atoms with Gasteiger partial charge in [0.2, 0.25) is 0 Å². The predicted molar refractivity (Wildman–Crippen MR) is 98.8 cm³/mol. The van der Waals surface area contributed by atoms with Crippen LogP contribution in [0, 0.1) is 11.7 Å². The first kappa shape index (κ1) is 17.2. The van der Waals surface area contributed by atoms with Gasteiger partial charge in [-0.15, -0.1) is 0 Å². The molecule has 2 aromatic carbocycles. The van der Waals surface area contributed by atoms with Crippen molar-refractivity contribution >= 4 is 5.78 Å². The van der Waals surface area contributed by atoms with E-state index in [4.69, 9.17) is 4.74 Å². The van der Waals surface area contributed by atoms with Gasteiger partial charge in [-0.1, -0.05) is 30.3 Å². The number of hydrogen-bond donors (Lipinski definition) is 0. The lowest BCUT2D eigenvalue weighted by atomic mass is 9.84. The number of halogens is 1. The second kappa shape index (κ2) is 7.20. The van der Waals surface area contributed by atoms with Gasteiger partial charge in [0.1, 0.15) is 11.6 Å². The average molecular weight is 353 g/mol. The summed E-state index contributed by atoms with van der Waals surface area (Å²) >= 11 is 0. The lowest BCUT2D eigenvalue weighted by molar-refractivity contribution is 0.0674. The average Bonchev–Trinajstić information content (AvgIpc) is 2.90. The normalized spacial score (nSPS) is 25.2. The van der Waals surface area contributed by atoms with Gasteiger partial charge in [0, 0.05) is 24.5 Å². The first-order valence-electron chi connectivity index (χ1n) is 9.33. The number of piperidine rings is 1. The van der Waals surface area contributed by atoms with Crippen molar-refractivity contribution in [2.75, 3.05) is 7.11 Å². The Hall–Kier alpha value is -2.20. The number of rotatable bonds is 5. The maximum absolute atomic E-state index is 14.2. The number of benzene rings is 2. The number of carbonyl (C=O) groups is 1. The third kappa shape index (κ3) is 3.26. The number of hydrogen-bond acceptors (Lipinski definition) is 3. The fraction of sp³-hybridized carbons (Fsp3) is 0.409. The highest BCUT2D eigenvalue weighted by atomic mass is 19.1. The Labute approximate surface area is 153 Å². The van der Waals surface area contributed by atoms with Gasteiger partial charge >= 0.3 is 0 Å². The molecule has 3 nitrogen and oxygen atoms in total. The Morgan fingerprint density at radius 1 is 1.12 bits per heavy atom. The molecule has 2 aliphatic heterocycles. The van der Waals surface area contributed by atoms with E-state index < -0.39 is 5.82 Å². The van der Waals surface area contributed by atoms with Crippen LogP contribution in [0.4, 0.5) is 4.39 Å². The molecule has 0 spiro atoms. The second-order valence-electron chi connectivity index (χ2n) is 7.42. The van der Waals surface area contributed by atoms with E-state index in [0.29, 0.717) is 17.8 Å². The molecule has 2 heterocycles. The highest BCUT2D eigenvalue weighted by molar-refractivity contribution is 5.98. The van der Waals surface area contributed by atoms with Crippen molar-refractivity contribution in [2.45, 2.75) is 44.3 Å². The summed E-state index contributed by atoms with van der Waals surface area (Å²) in [5.74, 6) is -0.0899. The minimum Gasteiger partial charge on any atom is -0.497 e. The fourth-order valence-electron chi connectivity index (χ4n) is 4.58. The molecule has 2 saturated heterocycles. The Kier molecular flexibility index (Phi) is 4.77. The zero-order chi connectivity index (χ0) is 18.1. The molecule has 0 radical (unpaired) electrons. The number of nitrogens with zero attached hydrogens (tertiary/aromatic N) is 1.